The lowest BCUT2D eigenvalue weighted by Gasteiger charge is -2.07. The monoisotopic (exact) mass is 327 g/mol. The summed E-state index contributed by atoms with van der Waals surface area (Å²) in [5, 5.41) is 16.3. The van der Waals surface area contributed by atoms with Crippen LogP contribution in [0.15, 0.2) is 53.6 Å². The molecule has 0 saturated heterocycles. The van der Waals surface area contributed by atoms with Crippen molar-refractivity contribution < 1.29 is 14.6 Å². The van der Waals surface area contributed by atoms with Gasteiger partial charge in [-0.15, -0.1) is 0 Å². The Kier molecular flexibility index (Phi) is 6.19. The van der Waals surface area contributed by atoms with Crippen LogP contribution in [-0.4, -0.2) is 29.9 Å². The molecule has 0 atom stereocenters. The van der Waals surface area contributed by atoms with Crippen molar-refractivity contribution in [3.63, 3.8) is 0 Å². The van der Waals surface area contributed by atoms with Crippen LogP contribution in [0.1, 0.15) is 19.4 Å². The van der Waals surface area contributed by atoms with E-state index >= 15 is 0 Å². The smallest absolute Gasteiger partial charge is 0.259 e. The molecule has 0 aromatic heterocycles. The Labute approximate surface area is 141 Å². The Balaban J connectivity index is 1.82. The number of carbonyl (C=O) groups excluding carboxylic acids is 1. The lowest BCUT2D eigenvalue weighted by molar-refractivity contribution is -0.119. The number of carbonyl (C=O) groups is 1. The van der Waals surface area contributed by atoms with E-state index in [2.05, 4.69) is 15.8 Å². The molecule has 6 heteroatoms. The number of hydrogen-bond acceptors (Lipinski definition) is 5. The van der Waals surface area contributed by atoms with Gasteiger partial charge in [0.2, 0.25) is 0 Å². The molecule has 0 aliphatic rings. The molecule has 2 rings (SSSR count). The molecule has 0 aliphatic carbocycles. The van der Waals surface area contributed by atoms with Gasteiger partial charge in [0.05, 0.1) is 18.9 Å². The maximum Gasteiger partial charge on any atom is 0.259 e. The second-order valence-electron chi connectivity index (χ2n) is 5.09. The molecule has 2 aromatic carbocycles. The van der Waals surface area contributed by atoms with Crippen molar-refractivity contribution in [3.05, 3.63) is 54.1 Å². The molecule has 126 valence electrons. The van der Waals surface area contributed by atoms with Gasteiger partial charge in [-0.05, 0) is 67.9 Å². The summed E-state index contributed by atoms with van der Waals surface area (Å²) in [4.78, 5) is 11.8. The number of anilines is 1. The minimum absolute atomic E-state index is 0.111. The normalized spacial score (nSPS) is 11.0. The van der Waals surface area contributed by atoms with E-state index in [1.165, 1.54) is 0 Å². The van der Waals surface area contributed by atoms with Crippen LogP contribution >= 0.6 is 0 Å². The highest BCUT2D eigenvalue weighted by atomic mass is 16.5. The second kappa shape index (κ2) is 8.57. The number of nitrogens with one attached hydrogen (secondary N) is 2. The summed E-state index contributed by atoms with van der Waals surface area (Å²) in [5.41, 5.74) is 4.81. The molecule has 24 heavy (non-hydrogen) atoms. The molecular formula is C18H21N3O3. The zero-order valence-electron chi connectivity index (χ0n) is 13.7. The van der Waals surface area contributed by atoms with Gasteiger partial charge >= 0.3 is 0 Å². The molecule has 2 aromatic rings. The number of benzene rings is 2. The maximum absolute atomic E-state index is 11.8. The fourth-order valence-electron chi connectivity index (χ4n) is 1.97. The molecule has 0 spiro atoms. The van der Waals surface area contributed by atoms with E-state index in [0.29, 0.717) is 12.3 Å². The number of phenols is 1. The number of amides is 1. The summed E-state index contributed by atoms with van der Waals surface area (Å²) in [5.74, 6) is 0.735. The number of hydrazone groups is 1. The summed E-state index contributed by atoms with van der Waals surface area (Å²) >= 11 is 0. The van der Waals surface area contributed by atoms with Gasteiger partial charge in [-0.2, -0.15) is 5.10 Å². The summed E-state index contributed by atoms with van der Waals surface area (Å²) in [6.45, 7) is 4.44. The summed E-state index contributed by atoms with van der Waals surface area (Å²) in [7, 11) is 0. The van der Waals surface area contributed by atoms with Crippen LogP contribution in [0, 0.1) is 0 Å². The Hall–Kier alpha value is -3.02. The number of aromatic hydroxyl groups is 1. The van der Waals surface area contributed by atoms with Crippen molar-refractivity contribution in [2.75, 3.05) is 18.5 Å². The number of phenolic OH excluding ortho intramolecular Hbond substituents is 1. The average molecular weight is 327 g/mol. The van der Waals surface area contributed by atoms with Gasteiger partial charge in [-0.25, -0.2) is 5.43 Å². The maximum atomic E-state index is 11.8. The van der Waals surface area contributed by atoms with E-state index in [0.717, 1.165) is 17.0 Å². The first-order valence-corrected chi connectivity index (χ1v) is 7.67. The number of rotatable bonds is 7. The lowest BCUT2D eigenvalue weighted by Crippen LogP contribution is -2.26. The van der Waals surface area contributed by atoms with Gasteiger partial charge in [-0.3, -0.25) is 4.79 Å². The summed E-state index contributed by atoms with van der Waals surface area (Å²) in [6.07, 6.45) is 0. The van der Waals surface area contributed by atoms with Crippen LogP contribution < -0.4 is 15.5 Å². The quantitative estimate of drug-likeness (QED) is 0.539. The Morgan fingerprint density at radius 3 is 2.42 bits per heavy atom. The van der Waals surface area contributed by atoms with Gasteiger partial charge in [-0.1, -0.05) is 0 Å². The van der Waals surface area contributed by atoms with Gasteiger partial charge in [0.15, 0.2) is 0 Å². The average Bonchev–Trinajstić information content (AvgIpc) is 2.60. The molecule has 0 aliphatic heterocycles. The van der Waals surface area contributed by atoms with Crippen molar-refractivity contribution in [1.29, 1.82) is 0 Å². The molecule has 0 bridgehead atoms. The highest BCUT2D eigenvalue weighted by Crippen LogP contribution is 2.15. The second-order valence-corrected chi connectivity index (χ2v) is 5.09. The molecule has 0 radical (unpaired) electrons. The third-order valence-corrected chi connectivity index (χ3v) is 3.25. The van der Waals surface area contributed by atoms with Crippen molar-refractivity contribution >= 4 is 17.3 Å². The first-order chi connectivity index (χ1) is 11.6. The van der Waals surface area contributed by atoms with E-state index in [4.69, 9.17) is 4.74 Å². The number of ether oxygens (including phenoxy) is 1. The Morgan fingerprint density at radius 1 is 1.12 bits per heavy atom. The van der Waals surface area contributed by atoms with Crippen molar-refractivity contribution in [2.24, 2.45) is 5.10 Å². The van der Waals surface area contributed by atoms with E-state index in [9.17, 15) is 9.90 Å². The third kappa shape index (κ3) is 5.31. The van der Waals surface area contributed by atoms with Gasteiger partial charge in [0, 0.05) is 5.69 Å². The summed E-state index contributed by atoms with van der Waals surface area (Å²) < 4.78 is 5.36. The molecule has 0 saturated carbocycles. The minimum atomic E-state index is -0.248. The van der Waals surface area contributed by atoms with E-state index < -0.39 is 0 Å². The number of nitrogens with zero attached hydrogens (tertiary/aromatic N) is 1. The molecule has 3 N–H and O–H groups in total. The minimum Gasteiger partial charge on any atom is -0.508 e. The Bertz CT molecular complexity index is 694. The lowest BCUT2D eigenvalue weighted by atomic mass is 10.1. The van der Waals surface area contributed by atoms with Gasteiger partial charge < -0.3 is 15.2 Å². The van der Waals surface area contributed by atoms with Crippen LogP contribution in [0.4, 0.5) is 5.69 Å². The summed E-state index contributed by atoms with van der Waals surface area (Å²) in [6, 6.07) is 14.0. The molecule has 0 unspecified atom stereocenters. The predicted octanol–water partition coefficient (Wildman–Crippen LogP) is 2.74. The van der Waals surface area contributed by atoms with E-state index in [1.807, 2.05) is 31.2 Å². The molecule has 6 nitrogen and oxygen atoms in total. The van der Waals surface area contributed by atoms with E-state index in [1.54, 1.807) is 31.2 Å². The van der Waals surface area contributed by atoms with Crippen molar-refractivity contribution in [2.45, 2.75) is 13.8 Å². The zero-order chi connectivity index (χ0) is 17.4. The SMILES string of the molecule is CCOc1ccc(NCC(=O)N/N=C(\C)c2ccc(O)cc2)cc1. The highest BCUT2D eigenvalue weighted by molar-refractivity contribution is 5.99. The highest BCUT2D eigenvalue weighted by Gasteiger charge is 2.02. The molecule has 1 amide bonds. The molecule has 0 fully saturated rings. The predicted molar refractivity (Wildman–Crippen MR) is 94.6 cm³/mol. The largest absolute Gasteiger partial charge is 0.508 e. The first kappa shape index (κ1) is 17.3. The fraction of sp³-hybridized carbons (Fsp3) is 0.222. The van der Waals surface area contributed by atoms with Crippen LogP contribution in [-0.2, 0) is 4.79 Å². The van der Waals surface area contributed by atoms with Gasteiger partial charge in [0.1, 0.15) is 11.5 Å². The fourth-order valence-corrected chi connectivity index (χ4v) is 1.97. The van der Waals surface area contributed by atoms with Crippen LogP contribution in [0.2, 0.25) is 0 Å². The van der Waals surface area contributed by atoms with Crippen LogP contribution in [0.5, 0.6) is 11.5 Å². The molecular weight excluding hydrogens is 306 g/mol. The van der Waals surface area contributed by atoms with Crippen molar-refractivity contribution in [3.8, 4) is 11.5 Å². The first-order valence-electron chi connectivity index (χ1n) is 7.67. The van der Waals surface area contributed by atoms with Crippen LogP contribution in [0.25, 0.3) is 0 Å². The standard InChI is InChI=1S/C18H21N3O3/c1-3-24-17-10-6-15(7-11-17)19-12-18(23)21-20-13(2)14-4-8-16(22)9-5-14/h4-11,19,22H,3,12H2,1-2H3,(H,21,23)/b20-13+. The van der Waals surface area contributed by atoms with E-state index in [-0.39, 0.29) is 18.2 Å². The van der Waals surface area contributed by atoms with Gasteiger partial charge in [0.25, 0.3) is 5.91 Å². The van der Waals surface area contributed by atoms with Crippen molar-refractivity contribution in [1.82, 2.24) is 5.43 Å². The topological polar surface area (TPSA) is 83.0 Å². The zero-order valence-corrected chi connectivity index (χ0v) is 13.7. The molecule has 0 heterocycles. The number of hydrogen-bond donors (Lipinski definition) is 3. The van der Waals surface area contributed by atoms with Crippen LogP contribution in [0.3, 0.4) is 0 Å². The third-order valence-electron chi connectivity index (χ3n) is 3.25. The Morgan fingerprint density at radius 2 is 1.79 bits per heavy atom.